The molecule has 0 aromatic heterocycles. The highest BCUT2D eigenvalue weighted by Gasteiger charge is 2.38. The Hall–Kier alpha value is -0.980. The lowest BCUT2D eigenvalue weighted by molar-refractivity contribution is 0.371. The van der Waals surface area contributed by atoms with E-state index in [0.29, 0.717) is 6.54 Å². The van der Waals surface area contributed by atoms with E-state index < -0.39 is 10.2 Å². The quantitative estimate of drug-likeness (QED) is 0.850. The zero-order valence-electron chi connectivity index (χ0n) is 11.4. The Labute approximate surface area is 114 Å². The molecule has 1 saturated heterocycles. The lowest BCUT2D eigenvalue weighted by Crippen LogP contribution is -2.41. The molecule has 19 heavy (non-hydrogen) atoms. The van der Waals surface area contributed by atoms with Gasteiger partial charge in [0.25, 0.3) is 10.2 Å². The third kappa shape index (κ3) is 2.80. The van der Waals surface area contributed by atoms with Gasteiger partial charge in [-0.3, -0.25) is 0 Å². The summed E-state index contributed by atoms with van der Waals surface area (Å²) < 4.78 is 40.0. The van der Waals surface area contributed by atoms with E-state index in [0.717, 1.165) is 12.0 Å². The molecule has 6 heteroatoms. The average molecular weight is 286 g/mol. The summed E-state index contributed by atoms with van der Waals surface area (Å²) in [5.41, 5.74) is 0.990. The Bertz CT molecular complexity index is 542. The first kappa shape index (κ1) is 14.4. The minimum Gasteiger partial charge on any atom is -0.207 e. The molecule has 1 aromatic rings. The van der Waals surface area contributed by atoms with E-state index in [1.807, 2.05) is 6.92 Å². The van der Waals surface area contributed by atoms with Crippen molar-refractivity contribution in [3.05, 3.63) is 35.6 Å². The molecule has 2 atom stereocenters. The van der Waals surface area contributed by atoms with E-state index >= 15 is 0 Å². The summed E-state index contributed by atoms with van der Waals surface area (Å²) >= 11 is 0. The van der Waals surface area contributed by atoms with Gasteiger partial charge in [-0.25, -0.2) is 4.39 Å². The van der Waals surface area contributed by atoms with Crippen molar-refractivity contribution in [2.24, 2.45) is 0 Å². The van der Waals surface area contributed by atoms with Gasteiger partial charge in [-0.2, -0.15) is 17.0 Å². The van der Waals surface area contributed by atoms with Crippen molar-refractivity contribution in [1.82, 2.24) is 8.61 Å². The number of rotatable bonds is 3. The Kier molecular flexibility index (Phi) is 3.94. The van der Waals surface area contributed by atoms with E-state index in [1.54, 1.807) is 12.1 Å². The van der Waals surface area contributed by atoms with Crippen molar-refractivity contribution in [2.45, 2.75) is 25.3 Å². The van der Waals surface area contributed by atoms with Crippen LogP contribution in [0.3, 0.4) is 0 Å². The third-order valence-electron chi connectivity index (χ3n) is 3.62. The maximum Gasteiger partial charge on any atom is 0.281 e. The van der Waals surface area contributed by atoms with Crippen LogP contribution in [0.4, 0.5) is 4.39 Å². The highest BCUT2D eigenvalue weighted by atomic mass is 32.2. The second-order valence-corrected chi connectivity index (χ2v) is 7.29. The van der Waals surface area contributed by atoms with Gasteiger partial charge in [0.2, 0.25) is 0 Å². The standard InChI is InChI=1S/C13H19FN2O2S/c1-10-8-12(11-4-6-13(14)7-5-11)9-16(10)19(17,18)15(2)3/h4-7,10,12H,8-9H2,1-3H3. The highest BCUT2D eigenvalue weighted by Crippen LogP contribution is 2.33. The lowest BCUT2D eigenvalue weighted by Gasteiger charge is -2.24. The van der Waals surface area contributed by atoms with Crippen molar-refractivity contribution in [2.75, 3.05) is 20.6 Å². The predicted molar refractivity (Wildman–Crippen MR) is 72.5 cm³/mol. The Morgan fingerprint density at radius 3 is 2.37 bits per heavy atom. The lowest BCUT2D eigenvalue weighted by atomic mass is 9.97. The van der Waals surface area contributed by atoms with Crippen LogP contribution < -0.4 is 0 Å². The zero-order valence-corrected chi connectivity index (χ0v) is 12.2. The van der Waals surface area contributed by atoms with Crippen LogP contribution in [-0.4, -0.2) is 43.7 Å². The minimum atomic E-state index is -3.38. The molecule has 0 spiro atoms. The smallest absolute Gasteiger partial charge is 0.207 e. The van der Waals surface area contributed by atoms with Crippen molar-refractivity contribution >= 4 is 10.2 Å². The van der Waals surface area contributed by atoms with Gasteiger partial charge in [0.05, 0.1) is 0 Å². The summed E-state index contributed by atoms with van der Waals surface area (Å²) in [5.74, 6) is -0.141. The number of hydrogen-bond donors (Lipinski definition) is 0. The van der Waals surface area contributed by atoms with Crippen LogP contribution in [0.2, 0.25) is 0 Å². The SMILES string of the molecule is CC1CC(c2ccc(F)cc2)CN1S(=O)(=O)N(C)C. The Balaban J connectivity index is 2.20. The normalized spacial score (nSPS) is 25.1. The minimum absolute atomic E-state index is 0.0394. The van der Waals surface area contributed by atoms with Crippen LogP contribution in [0.5, 0.6) is 0 Å². The van der Waals surface area contributed by atoms with Gasteiger partial charge >= 0.3 is 0 Å². The monoisotopic (exact) mass is 286 g/mol. The fourth-order valence-corrected chi connectivity index (χ4v) is 3.84. The molecule has 0 aliphatic carbocycles. The molecule has 0 saturated carbocycles. The van der Waals surface area contributed by atoms with E-state index in [9.17, 15) is 12.8 Å². The molecule has 1 heterocycles. The Morgan fingerprint density at radius 2 is 1.84 bits per heavy atom. The van der Waals surface area contributed by atoms with Gasteiger partial charge < -0.3 is 0 Å². The fourth-order valence-electron chi connectivity index (χ4n) is 2.51. The zero-order chi connectivity index (χ0) is 14.2. The Morgan fingerprint density at radius 1 is 1.26 bits per heavy atom. The molecule has 2 unspecified atom stereocenters. The second-order valence-electron chi connectivity index (χ2n) is 5.19. The molecular formula is C13H19FN2O2S. The molecule has 1 aliphatic rings. The molecule has 0 bridgehead atoms. The number of benzene rings is 1. The summed E-state index contributed by atoms with van der Waals surface area (Å²) in [7, 11) is -0.312. The van der Waals surface area contributed by atoms with Gasteiger partial charge in [0, 0.05) is 26.7 Å². The number of nitrogens with zero attached hydrogens (tertiary/aromatic N) is 2. The molecule has 0 amide bonds. The van der Waals surface area contributed by atoms with E-state index in [-0.39, 0.29) is 17.8 Å². The van der Waals surface area contributed by atoms with E-state index in [1.165, 1.54) is 34.8 Å². The summed E-state index contributed by atoms with van der Waals surface area (Å²) in [5, 5.41) is 0. The first-order valence-electron chi connectivity index (χ1n) is 6.27. The van der Waals surface area contributed by atoms with Crippen molar-refractivity contribution in [3.8, 4) is 0 Å². The molecule has 1 aromatic carbocycles. The molecule has 1 fully saturated rings. The summed E-state index contributed by atoms with van der Waals surface area (Å²) in [6, 6.07) is 6.27. The fraction of sp³-hybridized carbons (Fsp3) is 0.538. The van der Waals surface area contributed by atoms with Crippen molar-refractivity contribution in [1.29, 1.82) is 0 Å². The van der Waals surface area contributed by atoms with Crippen LogP contribution in [0.15, 0.2) is 24.3 Å². The van der Waals surface area contributed by atoms with Gasteiger partial charge in [0.15, 0.2) is 0 Å². The molecule has 0 radical (unpaired) electrons. The first-order chi connectivity index (χ1) is 8.82. The number of halogens is 1. The average Bonchev–Trinajstić information content (AvgIpc) is 2.72. The number of hydrogen-bond acceptors (Lipinski definition) is 2. The maximum atomic E-state index is 12.9. The molecule has 1 aliphatic heterocycles. The van der Waals surface area contributed by atoms with Crippen molar-refractivity contribution in [3.63, 3.8) is 0 Å². The van der Waals surface area contributed by atoms with Crippen molar-refractivity contribution < 1.29 is 12.8 Å². The van der Waals surface area contributed by atoms with Crippen LogP contribution in [0.25, 0.3) is 0 Å². The van der Waals surface area contributed by atoms with Crippen LogP contribution in [-0.2, 0) is 10.2 Å². The van der Waals surface area contributed by atoms with Gasteiger partial charge in [-0.1, -0.05) is 12.1 Å². The van der Waals surface area contributed by atoms with Gasteiger partial charge in [-0.05, 0) is 37.0 Å². The third-order valence-corrected chi connectivity index (χ3v) is 5.64. The van der Waals surface area contributed by atoms with E-state index in [2.05, 4.69) is 0 Å². The predicted octanol–water partition coefficient (Wildman–Crippen LogP) is 1.81. The molecule has 106 valence electrons. The van der Waals surface area contributed by atoms with Crippen LogP contribution in [0.1, 0.15) is 24.8 Å². The largest absolute Gasteiger partial charge is 0.281 e. The topological polar surface area (TPSA) is 40.6 Å². The van der Waals surface area contributed by atoms with Crippen LogP contribution >= 0.6 is 0 Å². The summed E-state index contributed by atoms with van der Waals surface area (Å²) in [6.45, 7) is 2.36. The maximum absolute atomic E-state index is 12.9. The van der Waals surface area contributed by atoms with Gasteiger partial charge in [-0.15, -0.1) is 0 Å². The summed E-state index contributed by atoms with van der Waals surface area (Å²) in [4.78, 5) is 0. The molecule has 4 nitrogen and oxygen atoms in total. The second kappa shape index (κ2) is 5.19. The van der Waals surface area contributed by atoms with Gasteiger partial charge in [0.1, 0.15) is 5.82 Å². The molecular weight excluding hydrogens is 267 g/mol. The van der Waals surface area contributed by atoms with Crippen LogP contribution in [0, 0.1) is 5.82 Å². The molecule has 2 rings (SSSR count). The first-order valence-corrected chi connectivity index (χ1v) is 7.67. The molecule has 0 N–H and O–H groups in total. The highest BCUT2D eigenvalue weighted by molar-refractivity contribution is 7.86. The summed E-state index contributed by atoms with van der Waals surface area (Å²) in [6.07, 6.45) is 0.763. The van der Waals surface area contributed by atoms with E-state index in [4.69, 9.17) is 0 Å².